The first-order valence-electron chi connectivity index (χ1n) is 13.9. The van der Waals surface area contributed by atoms with Crippen LogP contribution in [0.25, 0.3) is 5.69 Å². The summed E-state index contributed by atoms with van der Waals surface area (Å²) in [7, 11) is -1.84. The number of urea groups is 1. The number of hydrogen-bond donors (Lipinski definition) is 2. The van der Waals surface area contributed by atoms with Crippen molar-refractivity contribution in [1.29, 1.82) is 0 Å². The van der Waals surface area contributed by atoms with Crippen LogP contribution in [0.1, 0.15) is 41.6 Å². The molecule has 3 aromatic rings. The summed E-state index contributed by atoms with van der Waals surface area (Å²) >= 11 is 0. The Morgan fingerprint density at radius 2 is 1.88 bits per heavy atom. The van der Waals surface area contributed by atoms with Gasteiger partial charge in [-0.25, -0.2) is 26.7 Å². The Bertz CT molecular complexity index is 1530. The first kappa shape index (κ1) is 30.1. The van der Waals surface area contributed by atoms with Crippen LogP contribution in [-0.2, 0) is 14.8 Å². The smallest absolute Gasteiger partial charge is 0.320 e. The molecule has 0 bridgehead atoms. The van der Waals surface area contributed by atoms with Crippen molar-refractivity contribution in [2.24, 2.45) is 0 Å². The van der Waals surface area contributed by atoms with Crippen molar-refractivity contribution in [2.45, 2.75) is 37.8 Å². The topological polar surface area (TPSA) is 109 Å². The van der Waals surface area contributed by atoms with E-state index in [2.05, 4.69) is 15.5 Å². The predicted octanol–water partition coefficient (Wildman–Crippen LogP) is 3.79. The number of rotatable bonds is 9. The molecule has 0 radical (unpaired) electrons. The lowest BCUT2D eigenvalue weighted by Crippen LogP contribution is -2.42. The Morgan fingerprint density at radius 3 is 2.57 bits per heavy atom. The standard InChI is InChI=1S/C29H36F2N6O4S/c1-19-27(26-10-7-13-36(26)42(3,39)40)34-37(21-8-5-4-6-9-21)28(19)33-29(38)32-25-18-35(14-15-41-2)17-22(25)20-11-12-23(30)24(31)16-20/h4-6,8-9,11-12,16,22,25-26H,7,10,13-15,17-18H2,1-3H3,(H2,32,33,38). The molecule has 10 nitrogen and oxygen atoms in total. The summed E-state index contributed by atoms with van der Waals surface area (Å²) in [5.41, 5.74) is 2.55. The molecule has 2 amide bonds. The second-order valence-corrected chi connectivity index (χ2v) is 12.8. The van der Waals surface area contributed by atoms with Crippen molar-refractivity contribution >= 4 is 21.9 Å². The molecule has 5 rings (SSSR count). The first-order chi connectivity index (χ1) is 20.1. The number of para-hydroxylation sites is 1. The van der Waals surface area contributed by atoms with Crippen LogP contribution in [0, 0.1) is 18.6 Å². The van der Waals surface area contributed by atoms with Gasteiger partial charge >= 0.3 is 6.03 Å². The van der Waals surface area contributed by atoms with Crippen molar-refractivity contribution in [3.05, 3.63) is 77.0 Å². The molecule has 3 heterocycles. The van der Waals surface area contributed by atoms with Crippen LogP contribution >= 0.6 is 0 Å². The van der Waals surface area contributed by atoms with Crippen molar-refractivity contribution in [3.63, 3.8) is 0 Å². The number of methoxy groups -OCH3 is 1. The zero-order valence-corrected chi connectivity index (χ0v) is 24.7. The van der Waals surface area contributed by atoms with Gasteiger partial charge in [0.05, 0.1) is 36.3 Å². The van der Waals surface area contributed by atoms with Crippen molar-refractivity contribution in [1.82, 2.24) is 24.3 Å². The monoisotopic (exact) mass is 602 g/mol. The van der Waals surface area contributed by atoms with E-state index in [1.165, 1.54) is 16.6 Å². The lowest BCUT2D eigenvalue weighted by Gasteiger charge is -2.21. The molecule has 13 heteroatoms. The Hall–Kier alpha value is -3.39. The van der Waals surface area contributed by atoms with E-state index < -0.39 is 39.8 Å². The summed E-state index contributed by atoms with van der Waals surface area (Å²) in [6, 6.07) is 11.8. The van der Waals surface area contributed by atoms with E-state index in [1.807, 2.05) is 37.3 Å². The first-order valence-corrected chi connectivity index (χ1v) is 15.8. The average molecular weight is 603 g/mol. The molecule has 2 aliphatic rings. The summed E-state index contributed by atoms with van der Waals surface area (Å²) in [6.07, 6.45) is 2.54. The maximum absolute atomic E-state index is 14.1. The van der Waals surface area contributed by atoms with Crippen LogP contribution in [0.15, 0.2) is 48.5 Å². The fourth-order valence-electron chi connectivity index (χ4n) is 5.97. The van der Waals surface area contributed by atoms with E-state index in [1.54, 1.807) is 17.9 Å². The second-order valence-electron chi connectivity index (χ2n) is 10.9. The van der Waals surface area contributed by atoms with Gasteiger partial charge in [0.15, 0.2) is 11.6 Å². The molecule has 2 aromatic carbocycles. The quantitative estimate of drug-likeness (QED) is 0.386. The molecule has 2 saturated heterocycles. The van der Waals surface area contributed by atoms with Crippen LogP contribution in [0.2, 0.25) is 0 Å². The zero-order valence-electron chi connectivity index (χ0n) is 23.9. The maximum Gasteiger partial charge on any atom is 0.320 e. The summed E-state index contributed by atoms with van der Waals surface area (Å²) in [5.74, 6) is -1.71. The molecule has 1 aromatic heterocycles. The maximum atomic E-state index is 14.1. The molecule has 2 fully saturated rings. The lowest BCUT2D eigenvalue weighted by atomic mass is 9.94. The summed E-state index contributed by atoms with van der Waals surface area (Å²) in [4.78, 5) is 15.6. The minimum absolute atomic E-state index is 0.278. The molecule has 3 atom stereocenters. The summed E-state index contributed by atoms with van der Waals surface area (Å²) in [6.45, 7) is 4.38. The Labute approximate surface area is 244 Å². The molecular weight excluding hydrogens is 566 g/mol. The van der Waals surface area contributed by atoms with Crippen LogP contribution < -0.4 is 10.6 Å². The number of benzene rings is 2. The van der Waals surface area contributed by atoms with Crippen molar-refractivity contribution in [3.8, 4) is 5.69 Å². The summed E-state index contributed by atoms with van der Waals surface area (Å²) < 4.78 is 61.1. The van der Waals surface area contributed by atoms with E-state index in [-0.39, 0.29) is 5.92 Å². The number of nitrogens with zero attached hydrogens (tertiary/aromatic N) is 4. The van der Waals surface area contributed by atoms with E-state index in [4.69, 9.17) is 9.84 Å². The van der Waals surface area contributed by atoms with Crippen LogP contribution in [0.3, 0.4) is 0 Å². The van der Waals surface area contributed by atoms with E-state index in [9.17, 15) is 22.0 Å². The Morgan fingerprint density at radius 1 is 1.12 bits per heavy atom. The number of ether oxygens (including phenoxy) is 1. The Kier molecular flexibility index (Phi) is 8.92. The number of sulfonamides is 1. The molecule has 3 unspecified atom stereocenters. The fraction of sp³-hybridized carbons (Fsp3) is 0.448. The van der Waals surface area contributed by atoms with Gasteiger partial charge < -0.3 is 10.1 Å². The lowest BCUT2D eigenvalue weighted by molar-refractivity contribution is 0.159. The molecule has 0 saturated carbocycles. The molecule has 2 aliphatic heterocycles. The van der Waals surface area contributed by atoms with E-state index >= 15 is 0 Å². The molecule has 2 N–H and O–H groups in total. The third-order valence-corrected chi connectivity index (χ3v) is 9.32. The van der Waals surface area contributed by atoms with Gasteiger partial charge in [0.2, 0.25) is 10.0 Å². The van der Waals surface area contributed by atoms with Gasteiger partial charge in [-0.1, -0.05) is 24.3 Å². The van der Waals surface area contributed by atoms with Crippen LogP contribution in [0.5, 0.6) is 0 Å². The SMILES string of the molecule is COCCN1CC(NC(=O)Nc2c(C)c(C3CCCN3S(C)(=O)=O)nn2-c2ccccc2)C(c2ccc(F)c(F)c2)C1. The highest BCUT2D eigenvalue weighted by molar-refractivity contribution is 7.88. The number of carbonyl (C=O) groups excluding carboxylic acids is 1. The van der Waals surface area contributed by atoms with Gasteiger partial charge in [-0.15, -0.1) is 0 Å². The third kappa shape index (κ3) is 6.33. The average Bonchev–Trinajstić information content (AvgIpc) is 3.68. The largest absolute Gasteiger partial charge is 0.383 e. The third-order valence-electron chi connectivity index (χ3n) is 8.03. The fourth-order valence-corrected chi connectivity index (χ4v) is 7.10. The number of likely N-dealkylation sites (tertiary alicyclic amines) is 1. The zero-order chi connectivity index (χ0) is 30.0. The van der Waals surface area contributed by atoms with Crippen LogP contribution in [0.4, 0.5) is 19.4 Å². The number of anilines is 1. The number of aromatic nitrogens is 2. The van der Waals surface area contributed by atoms with Gasteiger partial charge in [0.1, 0.15) is 5.82 Å². The highest BCUT2D eigenvalue weighted by Crippen LogP contribution is 2.38. The number of halogens is 2. The highest BCUT2D eigenvalue weighted by atomic mass is 32.2. The van der Waals surface area contributed by atoms with Gasteiger partial charge in [-0.2, -0.15) is 9.40 Å². The normalized spacial score (nSPS) is 21.6. The van der Waals surface area contributed by atoms with Gasteiger partial charge in [0.25, 0.3) is 0 Å². The van der Waals surface area contributed by atoms with Crippen molar-refractivity contribution < 1.29 is 26.7 Å². The Balaban J connectivity index is 1.43. The predicted molar refractivity (Wildman–Crippen MR) is 155 cm³/mol. The van der Waals surface area contributed by atoms with E-state index in [0.29, 0.717) is 74.0 Å². The number of nitrogens with one attached hydrogen (secondary N) is 2. The number of hydrogen-bond acceptors (Lipinski definition) is 6. The summed E-state index contributed by atoms with van der Waals surface area (Å²) in [5, 5.41) is 10.8. The minimum Gasteiger partial charge on any atom is -0.383 e. The molecule has 42 heavy (non-hydrogen) atoms. The van der Waals surface area contributed by atoms with Crippen LogP contribution in [-0.4, -0.2) is 85.6 Å². The van der Waals surface area contributed by atoms with Gasteiger partial charge in [-0.05, 0) is 49.6 Å². The van der Waals surface area contributed by atoms with E-state index in [0.717, 1.165) is 6.07 Å². The van der Waals surface area contributed by atoms with Crippen molar-refractivity contribution in [2.75, 3.05) is 51.5 Å². The highest BCUT2D eigenvalue weighted by Gasteiger charge is 2.38. The van der Waals surface area contributed by atoms with Gasteiger partial charge in [0, 0.05) is 44.8 Å². The molecule has 0 spiro atoms. The molecule has 0 aliphatic carbocycles. The van der Waals surface area contributed by atoms with Gasteiger partial charge in [-0.3, -0.25) is 10.2 Å². The number of amides is 2. The molecule has 226 valence electrons. The minimum atomic E-state index is -3.45. The molecular formula is C29H36F2N6O4S. The second kappa shape index (κ2) is 12.5. The number of carbonyl (C=O) groups is 1.